The summed E-state index contributed by atoms with van der Waals surface area (Å²) in [6.45, 7) is 2.22. The third-order valence-corrected chi connectivity index (χ3v) is 4.87. The lowest BCUT2D eigenvalue weighted by molar-refractivity contribution is 0.00859. The van der Waals surface area contributed by atoms with Gasteiger partial charge in [0.2, 0.25) is 5.82 Å². The van der Waals surface area contributed by atoms with Crippen molar-refractivity contribution >= 4 is 9.84 Å². The van der Waals surface area contributed by atoms with Crippen LogP contribution in [0.1, 0.15) is 18.7 Å². The smallest absolute Gasteiger partial charge is 0.252 e. The van der Waals surface area contributed by atoms with Gasteiger partial charge in [-0.15, -0.1) is 0 Å². The van der Waals surface area contributed by atoms with E-state index in [1.807, 2.05) is 0 Å². The monoisotopic (exact) mass is 337 g/mol. The Morgan fingerprint density at radius 2 is 1.96 bits per heavy atom. The van der Waals surface area contributed by atoms with Crippen LogP contribution in [0, 0.1) is 0 Å². The average Bonchev–Trinajstić information content (AvgIpc) is 3.02. The minimum atomic E-state index is -3.21. The van der Waals surface area contributed by atoms with Crippen LogP contribution in [0.15, 0.2) is 33.7 Å². The van der Waals surface area contributed by atoms with E-state index < -0.39 is 9.84 Å². The Labute approximate surface area is 135 Å². The molecule has 23 heavy (non-hydrogen) atoms. The maximum Gasteiger partial charge on any atom is 0.252 e. The molecule has 2 aromatic rings. The highest BCUT2D eigenvalue weighted by atomic mass is 32.2. The number of aromatic nitrogens is 2. The van der Waals surface area contributed by atoms with Crippen molar-refractivity contribution < 1.29 is 17.7 Å². The second-order valence-electron chi connectivity index (χ2n) is 5.57. The first-order valence-corrected chi connectivity index (χ1v) is 9.37. The van der Waals surface area contributed by atoms with Crippen molar-refractivity contribution in [2.75, 3.05) is 19.3 Å². The van der Waals surface area contributed by atoms with E-state index in [9.17, 15) is 8.42 Å². The van der Waals surface area contributed by atoms with Crippen LogP contribution in [-0.2, 0) is 21.2 Å². The quantitative estimate of drug-likeness (QED) is 0.881. The third kappa shape index (κ3) is 4.15. The summed E-state index contributed by atoms with van der Waals surface area (Å²) in [7, 11) is -3.21. The lowest BCUT2D eigenvalue weighted by Crippen LogP contribution is -2.32. The molecular formula is C15H19N3O4S. The van der Waals surface area contributed by atoms with Crippen LogP contribution >= 0.6 is 0 Å². The summed E-state index contributed by atoms with van der Waals surface area (Å²) in [5, 5.41) is 7.19. The highest BCUT2D eigenvalue weighted by molar-refractivity contribution is 7.90. The molecule has 1 aliphatic heterocycles. The molecule has 0 radical (unpaired) electrons. The van der Waals surface area contributed by atoms with Gasteiger partial charge in [-0.3, -0.25) is 0 Å². The van der Waals surface area contributed by atoms with E-state index in [2.05, 4.69) is 15.5 Å². The van der Waals surface area contributed by atoms with Crippen LogP contribution in [0.4, 0.5) is 0 Å². The molecule has 0 aliphatic carbocycles. The standard InChI is InChI=1S/C15H19N3O4S/c1-23(19,20)13-4-2-11(3-5-13)15-17-14(22-18-15)10-21-12-6-8-16-9-7-12/h2-5,12,16H,6-10H2,1H3. The molecule has 0 spiro atoms. The van der Waals surface area contributed by atoms with Gasteiger partial charge in [-0.05, 0) is 50.2 Å². The molecule has 7 nitrogen and oxygen atoms in total. The Balaban J connectivity index is 1.64. The summed E-state index contributed by atoms with van der Waals surface area (Å²) in [5.74, 6) is 0.847. The summed E-state index contributed by atoms with van der Waals surface area (Å²) >= 11 is 0. The maximum absolute atomic E-state index is 11.4. The lowest BCUT2D eigenvalue weighted by atomic mass is 10.1. The molecule has 1 aromatic heterocycles. The normalized spacial score (nSPS) is 16.6. The first kappa shape index (κ1) is 16.1. The van der Waals surface area contributed by atoms with Crippen molar-refractivity contribution in [1.29, 1.82) is 0 Å². The van der Waals surface area contributed by atoms with E-state index in [4.69, 9.17) is 9.26 Å². The molecule has 1 N–H and O–H groups in total. The molecule has 8 heteroatoms. The molecule has 0 unspecified atom stereocenters. The highest BCUT2D eigenvalue weighted by Crippen LogP contribution is 2.19. The van der Waals surface area contributed by atoms with Crippen molar-refractivity contribution in [1.82, 2.24) is 15.5 Å². The Morgan fingerprint density at radius 3 is 2.61 bits per heavy atom. The first-order valence-electron chi connectivity index (χ1n) is 7.48. The van der Waals surface area contributed by atoms with E-state index in [1.165, 1.54) is 18.4 Å². The largest absolute Gasteiger partial charge is 0.368 e. The summed E-state index contributed by atoms with van der Waals surface area (Å²) in [4.78, 5) is 4.55. The minimum Gasteiger partial charge on any atom is -0.368 e. The molecule has 1 aromatic carbocycles. The number of nitrogens with zero attached hydrogens (tertiary/aromatic N) is 2. The summed E-state index contributed by atoms with van der Waals surface area (Å²) in [6, 6.07) is 6.40. The number of ether oxygens (including phenoxy) is 1. The number of hydrogen-bond donors (Lipinski definition) is 1. The molecule has 124 valence electrons. The van der Waals surface area contributed by atoms with Gasteiger partial charge in [0.25, 0.3) is 5.89 Å². The Kier molecular flexibility index (Phi) is 4.74. The maximum atomic E-state index is 11.4. The third-order valence-electron chi connectivity index (χ3n) is 3.74. The number of nitrogens with one attached hydrogen (secondary N) is 1. The van der Waals surface area contributed by atoms with Gasteiger partial charge >= 0.3 is 0 Å². The number of sulfone groups is 1. The Hall–Kier alpha value is -1.77. The van der Waals surface area contributed by atoms with Gasteiger partial charge in [-0.25, -0.2) is 8.42 Å². The number of rotatable bonds is 5. The van der Waals surface area contributed by atoms with Crippen LogP contribution in [0.25, 0.3) is 11.4 Å². The van der Waals surface area contributed by atoms with Crippen molar-refractivity contribution in [3.8, 4) is 11.4 Å². The topological polar surface area (TPSA) is 94.3 Å². The first-order chi connectivity index (χ1) is 11.0. The van der Waals surface area contributed by atoms with Crippen molar-refractivity contribution in [3.05, 3.63) is 30.2 Å². The highest BCUT2D eigenvalue weighted by Gasteiger charge is 2.16. The molecule has 1 fully saturated rings. The zero-order chi connectivity index (χ0) is 16.3. The SMILES string of the molecule is CS(=O)(=O)c1ccc(-c2noc(COC3CCNCC3)n2)cc1. The number of hydrogen-bond acceptors (Lipinski definition) is 7. The van der Waals surface area contributed by atoms with E-state index in [1.54, 1.807) is 12.1 Å². The molecule has 1 saturated heterocycles. The predicted octanol–water partition coefficient (Wildman–Crippen LogP) is 1.41. The van der Waals surface area contributed by atoms with Gasteiger partial charge in [0, 0.05) is 11.8 Å². The summed E-state index contributed by atoms with van der Waals surface area (Å²) in [5.41, 5.74) is 0.703. The van der Waals surface area contributed by atoms with Crippen molar-refractivity contribution in [2.24, 2.45) is 0 Å². The lowest BCUT2D eigenvalue weighted by Gasteiger charge is -2.21. The van der Waals surface area contributed by atoms with E-state index >= 15 is 0 Å². The molecular weight excluding hydrogens is 318 g/mol. The summed E-state index contributed by atoms with van der Waals surface area (Å²) in [6.07, 6.45) is 3.36. The Bertz CT molecular complexity index is 749. The van der Waals surface area contributed by atoms with E-state index in [0.29, 0.717) is 23.9 Å². The fraction of sp³-hybridized carbons (Fsp3) is 0.467. The van der Waals surface area contributed by atoms with Gasteiger partial charge < -0.3 is 14.6 Å². The second kappa shape index (κ2) is 6.77. The zero-order valence-electron chi connectivity index (χ0n) is 12.9. The molecule has 0 amide bonds. The predicted molar refractivity (Wildman–Crippen MR) is 83.5 cm³/mol. The molecule has 1 aliphatic rings. The van der Waals surface area contributed by atoms with Gasteiger partial charge in [-0.1, -0.05) is 5.16 Å². The fourth-order valence-electron chi connectivity index (χ4n) is 2.43. The fourth-order valence-corrected chi connectivity index (χ4v) is 3.06. The zero-order valence-corrected chi connectivity index (χ0v) is 13.7. The number of benzene rings is 1. The van der Waals surface area contributed by atoms with Gasteiger partial charge in [0.1, 0.15) is 6.61 Å². The van der Waals surface area contributed by atoms with Crippen LogP contribution < -0.4 is 5.32 Å². The molecule has 0 bridgehead atoms. The van der Waals surface area contributed by atoms with Gasteiger partial charge in [-0.2, -0.15) is 4.98 Å². The van der Waals surface area contributed by atoms with E-state index in [0.717, 1.165) is 25.9 Å². The van der Waals surface area contributed by atoms with Gasteiger partial charge in [0.05, 0.1) is 11.0 Å². The van der Waals surface area contributed by atoms with Crippen LogP contribution in [-0.4, -0.2) is 44.0 Å². The summed E-state index contributed by atoms with van der Waals surface area (Å²) < 4.78 is 33.9. The van der Waals surface area contributed by atoms with Crippen molar-refractivity contribution in [3.63, 3.8) is 0 Å². The molecule has 0 atom stereocenters. The molecule has 0 saturated carbocycles. The molecule has 2 heterocycles. The van der Waals surface area contributed by atoms with Gasteiger partial charge in [0.15, 0.2) is 9.84 Å². The van der Waals surface area contributed by atoms with Crippen LogP contribution in [0.5, 0.6) is 0 Å². The molecule has 3 rings (SSSR count). The minimum absolute atomic E-state index is 0.223. The average molecular weight is 337 g/mol. The van der Waals surface area contributed by atoms with Crippen molar-refractivity contribution in [2.45, 2.75) is 30.4 Å². The van der Waals surface area contributed by atoms with Crippen LogP contribution in [0.3, 0.4) is 0 Å². The Morgan fingerprint density at radius 1 is 1.26 bits per heavy atom. The number of piperidine rings is 1. The van der Waals surface area contributed by atoms with E-state index in [-0.39, 0.29) is 11.0 Å². The second-order valence-corrected chi connectivity index (χ2v) is 7.58. The van der Waals surface area contributed by atoms with Crippen LogP contribution in [0.2, 0.25) is 0 Å².